The molecule has 3 rings (SSSR count). The van der Waals surface area contributed by atoms with E-state index in [0.717, 1.165) is 37.1 Å². The highest BCUT2D eigenvalue weighted by molar-refractivity contribution is 14.0. The first-order valence-electron chi connectivity index (χ1n) is 9.28. The highest BCUT2D eigenvalue weighted by Crippen LogP contribution is 2.22. The third-order valence-corrected chi connectivity index (χ3v) is 5.36. The molecule has 148 valence electrons. The van der Waals surface area contributed by atoms with Crippen molar-refractivity contribution in [2.45, 2.75) is 57.6 Å². The largest absolute Gasteiger partial charge is 0.357 e. The first-order chi connectivity index (χ1) is 12.7. The van der Waals surface area contributed by atoms with E-state index in [2.05, 4.69) is 63.7 Å². The third-order valence-electron chi connectivity index (χ3n) is 4.54. The molecule has 1 aliphatic rings. The number of rotatable bonds is 6. The number of hydrogen-bond acceptors (Lipinski definition) is 4. The summed E-state index contributed by atoms with van der Waals surface area (Å²) in [6.45, 7) is 7.35. The molecule has 8 heteroatoms. The molecule has 6 nitrogen and oxygen atoms in total. The average Bonchev–Trinajstić information content (AvgIpc) is 3.08. The molecule has 2 aromatic rings. The van der Waals surface area contributed by atoms with E-state index in [1.165, 1.54) is 28.9 Å². The molecule has 1 aliphatic heterocycles. The molecule has 0 saturated carbocycles. The van der Waals surface area contributed by atoms with Crippen LogP contribution in [0, 0.1) is 6.92 Å². The van der Waals surface area contributed by atoms with Crippen LogP contribution in [0.2, 0.25) is 0 Å². The summed E-state index contributed by atoms with van der Waals surface area (Å²) in [6, 6.07) is 6.54. The van der Waals surface area contributed by atoms with Gasteiger partial charge in [0.15, 0.2) is 11.8 Å². The van der Waals surface area contributed by atoms with Gasteiger partial charge in [0, 0.05) is 24.4 Å². The maximum Gasteiger partial charge on any atom is 0.191 e. The number of aromatic nitrogens is 3. The molecule has 2 N–H and O–H groups in total. The Morgan fingerprint density at radius 1 is 1.26 bits per heavy atom. The molecule has 0 spiro atoms. The van der Waals surface area contributed by atoms with Crippen LogP contribution in [0.5, 0.6) is 0 Å². The number of halogens is 1. The standard InChI is InChI=1S/C19H28N6S.HI/c1-4-20-19(21-12-15-9-8-14(2)11-16(15)26-3)22-13-18-24-23-17-7-5-6-10-25(17)18;/h8-9,11H,4-7,10,12-13H2,1-3H3,(H2,20,21,22);1H. The second-order valence-corrected chi connectivity index (χ2v) is 7.35. The molecule has 0 radical (unpaired) electrons. The SMILES string of the molecule is CCNC(=NCc1ccc(C)cc1SC)NCc1nnc2n1CCCC2.I. The van der Waals surface area contributed by atoms with Gasteiger partial charge in [0.1, 0.15) is 5.82 Å². The van der Waals surface area contributed by atoms with E-state index < -0.39 is 0 Å². The Morgan fingerprint density at radius 3 is 2.89 bits per heavy atom. The Hall–Kier alpha value is -1.29. The Bertz CT molecular complexity index is 774. The second-order valence-electron chi connectivity index (χ2n) is 6.51. The van der Waals surface area contributed by atoms with E-state index in [9.17, 15) is 0 Å². The van der Waals surface area contributed by atoms with Gasteiger partial charge < -0.3 is 15.2 Å². The summed E-state index contributed by atoms with van der Waals surface area (Å²) in [5.74, 6) is 2.91. The van der Waals surface area contributed by atoms with Gasteiger partial charge in [0.25, 0.3) is 0 Å². The highest BCUT2D eigenvalue weighted by Gasteiger charge is 2.15. The van der Waals surface area contributed by atoms with Gasteiger partial charge in [-0.3, -0.25) is 0 Å². The summed E-state index contributed by atoms with van der Waals surface area (Å²) in [4.78, 5) is 6.05. The van der Waals surface area contributed by atoms with Crippen molar-refractivity contribution in [3.8, 4) is 0 Å². The van der Waals surface area contributed by atoms with Gasteiger partial charge >= 0.3 is 0 Å². The number of nitrogens with zero attached hydrogens (tertiary/aromatic N) is 4. The van der Waals surface area contributed by atoms with Gasteiger partial charge in [-0.05, 0) is 50.1 Å². The van der Waals surface area contributed by atoms with Crippen LogP contribution in [0.1, 0.15) is 42.5 Å². The minimum atomic E-state index is 0. The van der Waals surface area contributed by atoms with Crippen molar-refractivity contribution in [2.75, 3.05) is 12.8 Å². The van der Waals surface area contributed by atoms with Gasteiger partial charge in [-0.2, -0.15) is 0 Å². The zero-order valence-electron chi connectivity index (χ0n) is 16.3. The topological polar surface area (TPSA) is 67.1 Å². The number of aliphatic imine (C=N–C) groups is 1. The number of thioether (sulfide) groups is 1. The monoisotopic (exact) mass is 500 g/mol. The average molecular weight is 500 g/mol. The van der Waals surface area contributed by atoms with Gasteiger partial charge in [0.05, 0.1) is 13.1 Å². The summed E-state index contributed by atoms with van der Waals surface area (Å²) in [5.41, 5.74) is 2.53. The highest BCUT2D eigenvalue weighted by atomic mass is 127. The molecule has 2 heterocycles. The second kappa shape index (κ2) is 10.9. The van der Waals surface area contributed by atoms with Crippen molar-refractivity contribution in [3.05, 3.63) is 41.0 Å². The third kappa shape index (κ3) is 5.84. The number of nitrogens with one attached hydrogen (secondary N) is 2. The number of aryl methyl sites for hydroxylation is 2. The van der Waals surface area contributed by atoms with E-state index in [0.29, 0.717) is 13.1 Å². The van der Waals surface area contributed by atoms with Crippen molar-refractivity contribution >= 4 is 41.7 Å². The van der Waals surface area contributed by atoms with Crippen molar-refractivity contribution < 1.29 is 0 Å². The minimum Gasteiger partial charge on any atom is -0.357 e. The fourth-order valence-electron chi connectivity index (χ4n) is 3.15. The Labute approximate surface area is 183 Å². The zero-order chi connectivity index (χ0) is 18.4. The molecule has 0 bridgehead atoms. The van der Waals surface area contributed by atoms with Gasteiger partial charge in [-0.25, -0.2) is 4.99 Å². The quantitative estimate of drug-likeness (QED) is 0.275. The predicted octanol–water partition coefficient (Wildman–Crippen LogP) is 3.52. The first-order valence-corrected chi connectivity index (χ1v) is 10.5. The van der Waals surface area contributed by atoms with E-state index in [1.54, 1.807) is 11.8 Å². The van der Waals surface area contributed by atoms with Gasteiger partial charge in [-0.15, -0.1) is 45.9 Å². The lowest BCUT2D eigenvalue weighted by atomic mass is 10.1. The molecular formula is C19H29IN6S. The molecule has 0 unspecified atom stereocenters. The van der Waals surface area contributed by atoms with E-state index in [4.69, 9.17) is 4.99 Å². The maximum atomic E-state index is 4.76. The van der Waals surface area contributed by atoms with Crippen molar-refractivity contribution in [2.24, 2.45) is 4.99 Å². The Kier molecular flexibility index (Phi) is 8.88. The van der Waals surface area contributed by atoms with Crippen LogP contribution in [0.25, 0.3) is 0 Å². The fraction of sp³-hybridized carbons (Fsp3) is 0.526. The molecule has 0 saturated heterocycles. The number of hydrogen-bond donors (Lipinski definition) is 2. The molecule has 0 amide bonds. The summed E-state index contributed by atoms with van der Waals surface area (Å²) in [6.07, 6.45) is 5.56. The molecular weight excluding hydrogens is 471 g/mol. The fourth-order valence-corrected chi connectivity index (χ4v) is 3.85. The van der Waals surface area contributed by atoms with Crippen LogP contribution < -0.4 is 10.6 Å². The van der Waals surface area contributed by atoms with Crippen LogP contribution in [0.15, 0.2) is 28.1 Å². The van der Waals surface area contributed by atoms with E-state index in [-0.39, 0.29) is 24.0 Å². The van der Waals surface area contributed by atoms with Crippen LogP contribution in [-0.2, 0) is 26.1 Å². The minimum absolute atomic E-state index is 0. The van der Waals surface area contributed by atoms with Crippen LogP contribution in [0.4, 0.5) is 0 Å². The van der Waals surface area contributed by atoms with Crippen molar-refractivity contribution in [3.63, 3.8) is 0 Å². The zero-order valence-corrected chi connectivity index (χ0v) is 19.4. The molecule has 1 aromatic carbocycles. The smallest absolute Gasteiger partial charge is 0.191 e. The number of benzene rings is 1. The molecule has 0 fully saturated rings. The normalized spacial score (nSPS) is 13.7. The maximum absolute atomic E-state index is 4.76. The molecule has 0 atom stereocenters. The van der Waals surface area contributed by atoms with E-state index >= 15 is 0 Å². The van der Waals surface area contributed by atoms with Gasteiger partial charge in [-0.1, -0.05) is 12.1 Å². The van der Waals surface area contributed by atoms with Crippen molar-refractivity contribution in [1.29, 1.82) is 0 Å². The lowest BCUT2D eigenvalue weighted by molar-refractivity contribution is 0.504. The number of fused-ring (bicyclic) bond motifs is 1. The number of guanidine groups is 1. The predicted molar refractivity (Wildman–Crippen MR) is 123 cm³/mol. The van der Waals surface area contributed by atoms with Crippen LogP contribution in [-0.4, -0.2) is 33.5 Å². The van der Waals surface area contributed by atoms with Crippen molar-refractivity contribution in [1.82, 2.24) is 25.4 Å². The Balaban J connectivity index is 0.00000261. The summed E-state index contributed by atoms with van der Waals surface area (Å²) >= 11 is 1.77. The molecule has 0 aliphatic carbocycles. The molecule has 1 aromatic heterocycles. The van der Waals surface area contributed by atoms with Gasteiger partial charge in [0.2, 0.25) is 0 Å². The first kappa shape index (κ1) is 22.0. The Morgan fingerprint density at radius 2 is 2.11 bits per heavy atom. The summed E-state index contributed by atoms with van der Waals surface area (Å²) in [7, 11) is 0. The lowest BCUT2D eigenvalue weighted by Crippen LogP contribution is -2.37. The van der Waals surface area contributed by atoms with E-state index in [1.807, 2.05) is 0 Å². The lowest BCUT2D eigenvalue weighted by Gasteiger charge is -2.16. The van der Waals surface area contributed by atoms with Crippen LogP contribution in [0.3, 0.4) is 0 Å². The van der Waals surface area contributed by atoms with Crippen LogP contribution >= 0.6 is 35.7 Å². The summed E-state index contributed by atoms with van der Waals surface area (Å²) in [5, 5.41) is 15.4. The molecule has 27 heavy (non-hydrogen) atoms. The summed E-state index contributed by atoms with van der Waals surface area (Å²) < 4.78 is 2.24.